The van der Waals surface area contributed by atoms with Gasteiger partial charge in [0.2, 0.25) is 0 Å². The molecule has 0 nitrogen and oxygen atoms in total. The van der Waals surface area contributed by atoms with Crippen molar-refractivity contribution < 1.29 is 0 Å². The molecule has 0 rings (SSSR count). The first-order valence-corrected chi connectivity index (χ1v) is 12.2. The predicted molar refractivity (Wildman–Crippen MR) is 101 cm³/mol. The normalized spacial score (nSPS) is 10.9. The van der Waals surface area contributed by atoms with Gasteiger partial charge in [-0.15, -0.1) is 0 Å². The summed E-state index contributed by atoms with van der Waals surface area (Å²) in [6.07, 6.45) is 16.4. The summed E-state index contributed by atoms with van der Waals surface area (Å²) in [5.41, 5.74) is 7.50. The minimum Gasteiger partial charge on any atom is -0.0721 e. The van der Waals surface area contributed by atoms with Crippen molar-refractivity contribution in [3.05, 3.63) is 0 Å². The van der Waals surface area contributed by atoms with E-state index in [9.17, 15) is 0 Å². The SMILES string of the molecule is CCCCP(C#CP(CCCC)CCCC)CCCC. The van der Waals surface area contributed by atoms with Crippen molar-refractivity contribution in [3.63, 3.8) is 0 Å². The molecule has 0 unspecified atom stereocenters. The maximum absolute atomic E-state index is 3.75. The molecule has 0 N–H and O–H groups in total. The third-order valence-corrected chi connectivity index (χ3v) is 7.95. The average molecular weight is 314 g/mol. The summed E-state index contributed by atoms with van der Waals surface area (Å²) in [6.45, 7) is 9.21. The molecule has 2 heteroatoms. The minimum absolute atomic E-state index is 0.0202. The van der Waals surface area contributed by atoms with E-state index in [4.69, 9.17) is 0 Å². The van der Waals surface area contributed by atoms with Gasteiger partial charge >= 0.3 is 0 Å². The van der Waals surface area contributed by atoms with Gasteiger partial charge in [0.1, 0.15) is 0 Å². The van der Waals surface area contributed by atoms with Gasteiger partial charge in [-0.1, -0.05) is 64.7 Å². The average Bonchev–Trinajstić information content (AvgIpc) is 2.48. The molecule has 0 bridgehead atoms. The Morgan fingerprint density at radius 2 is 0.750 bits per heavy atom. The van der Waals surface area contributed by atoms with Crippen LogP contribution in [-0.4, -0.2) is 24.6 Å². The fourth-order valence-electron chi connectivity index (χ4n) is 1.98. The number of hydrogen-bond acceptors (Lipinski definition) is 0. The van der Waals surface area contributed by atoms with Gasteiger partial charge in [0.15, 0.2) is 0 Å². The largest absolute Gasteiger partial charge is 0.0721 e. The lowest BCUT2D eigenvalue weighted by Crippen LogP contribution is -1.90. The molecule has 118 valence electrons. The minimum atomic E-state index is 0.0202. The fourth-order valence-corrected chi connectivity index (χ4v) is 6.80. The van der Waals surface area contributed by atoms with Crippen LogP contribution in [0.25, 0.3) is 0 Å². The summed E-state index contributed by atoms with van der Waals surface area (Å²) in [7, 11) is 0.0403. The first-order valence-electron chi connectivity index (χ1n) is 8.79. The molecule has 0 saturated carbocycles. The molecule has 0 radical (unpaired) electrons. The molecule has 0 fully saturated rings. The van der Waals surface area contributed by atoms with Crippen LogP contribution in [0.2, 0.25) is 0 Å². The van der Waals surface area contributed by atoms with Gasteiger partial charge in [0.05, 0.1) is 0 Å². The molecule has 20 heavy (non-hydrogen) atoms. The first kappa shape index (κ1) is 20.4. The third kappa shape index (κ3) is 12.2. The molecule has 0 aromatic heterocycles. The molecular formula is C18H36P2. The molecular weight excluding hydrogens is 278 g/mol. The van der Waals surface area contributed by atoms with E-state index in [1.165, 1.54) is 76.0 Å². The van der Waals surface area contributed by atoms with Gasteiger partial charge in [-0.05, 0) is 66.2 Å². The summed E-state index contributed by atoms with van der Waals surface area (Å²) in [6, 6.07) is 0. The second kappa shape index (κ2) is 15.8. The Labute approximate surface area is 131 Å². The monoisotopic (exact) mass is 314 g/mol. The van der Waals surface area contributed by atoms with E-state index in [1.54, 1.807) is 0 Å². The maximum atomic E-state index is 3.75. The second-order valence-electron chi connectivity index (χ2n) is 5.61. The van der Waals surface area contributed by atoms with Gasteiger partial charge in [0.25, 0.3) is 0 Å². The van der Waals surface area contributed by atoms with E-state index in [2.05, 4.69) is 39.0 Å². The molecule has 0 aliphatic rings. The fraction of sp³-hybridized carbons (Fsp3) is 0.889. The van der Waals surface area contributed by atoms with Gasteiger partial charge < -0.3 is 0 Å². The second-order valence-corrected chi connectivity index (χ2v) is 10.0. The molecule has 0 aromatic rings. The summed E-state index contributed by atoms with van der Waals surface area (Å²) < 4.78 is 0. The summed E-state index contributed by atoms with van der Waals surface area (Å²) >= 11 is 0. The lowest BCUT2D eigenvalue weighted by Gasteiger charge is -2.12. The van der Waals surface area contributed by atoms with E-state index >= 15 is 0 Å². The van der Waals surface area contributed by atoms with Gasteiger partial charge in [-0.3, -0.25) is 0 Å². The van der Waals surface area contributed by atoms with Crippen LogP contribution in [0.4, 0.5) is 0 Å². The Bertz CT molecular complexity index is 212. The molecule has 0 saturated heterocycles. The van der Waals surface area contributed by atoms with Crippen molar-refractivity contribution in [2.24, 2.45) is 0 Å². The third-order valence-electron chi connectivity index (χ3n) is 3.49. The topological polar surface area (TPSA) is 0 Å². The van der Waals surface area contributed by atoms with Crippen molar-refractivity contribution in [1.29, 1.82) is 0 Å². The van der Waals surface area contributed by atoms with Crippen LogP contribution in [0.1, 0.15) is 79.1 Å². The molecule has 0 heterocycles. The Morgan fingerprint density at radius 1 is 0.500 bits per heavy atom. The molecule has 0 amide bonds. The lowest BCUT2D eigenvalue weighted by atomic mass is 10.4. The van der Waals surface area contributed by atoms with Gasteiger partial charge in [-0.2, -0.15) is 0 Å². The van der Waals surface area contributed by atoms with E-state index < -0.39 is 0 Å². The lowest BCUT2D eigenvalue weighted by molar-refractivity contribution is 0.870. The number of hydrogen-bond donors (Lipinski definition) is 0. The molecule has 0 aliphatic heterocycles. The smallest absolute Gasteiger partial charge is 0.0214 e. The van der Waals surface area contributed by atoms with E-state index in [-0.39, 0.29) is 15.8 Å². The zero-order valence-electron chi connectivity index (χ0n) is 14.4. The number of rotatable bonds is 12. The molecule has 0 atom stereocenters. The first-order chi connectivity index (χ1) is 9.78. The van der Waals surface area contributed by atoms with Crippen LogP contribution in [0.3, 0.4) is 0 Å². The predicted octanol–water partition coefficient (Wildman–Crippen LogP) is 7.07. The van der Waals surface area contributed by atoms with Crippen LogP contribution in [0.15, 0.2) is 0 Å². The molecule has 0 spiro atoms. The summed E-state index contributed by atoms with van der Waals surface area (Å²) in [5, 5.41) is 0. The van der Waals surface area contributed by atoms with Crippen molar-refractivity contribution >= 4 is 15.8 Å². The van der Waals surface area contributed by atoms with Gasteiger partial charge in [-0.25, -0.2) is 0 Å². The Kier molecular flexibility index (Phi) is 16.1. The Morgan fingerprint density at radius 3 is 0.950 bits per heavy atom. The van der Waals surface area contributed by atoms with Gasteiger partial charge in [0, 0.05) is 0 Å². The van der Waals surface area contributed by atoms with Crippen molar-refractivity contribution in [3.8, 4) is 11.3 Å². The summed E-state index contributed by atoms with van der Waals surface area (Å²) in [5.74, 6) is 0. The van der Waals surface area contributed by atoms with Crippen LogP contribution in [0.5, 0.6) is 0 Å². The zero-order chi connectivity index (χ0) is 15.1. The van der Waals surface area contributed by atoms with Crippen LogP contribution in [-0.2, 0) is 0 Å². The highest BCUT2D eigenvalue weighted by atomic mass is 31.1. The van der Waals surface area contributed by atoms with Crippen LogP contribution >= 0.6 is 15.8 Å². The zero-order valence-corrected chi connectivity index (χ0v) is 16.2. The number of unbranched alkanes of at least 4 members (excludes halogenated alkanes) is 4. The quantitative estimate of drug-likeness (QED) is 0.267. The highest BCUT2D eigenvalue weighted by Crippen LogP contribution is 2.41. The van der Waals surface area contributed by atoms with E-state index in [0.29, 0.717) is 0 Å². The Hall–Kier alpha value is 0.420. The van der Waals surface area contributed by atoms with Crippen molar-refractivity contribution in [1.82, 2.24) is 0 Å². The molecule has 0 aromatic carbocycles. The maximum Gasteiger partial charge on any atom is -0.0214 e. The highest BCUT2D eigenvalue weighted by molar-refractivity contribution is 7.66. The van der Waals surface area contributed by atoms with Crippen LogP contribution in [0, 0.1) is 11.3 Å². The molecule has 0 aliphatic carbocycles. The van der Waals surface area contributed by atoms with E-state index in [0.717, 1.165) is 0 Å². The Balaban J connectivity index is 4.40. The standard InChI is InChI=1S/C18H36P2/c1-5-9-13-19(14-10-6-2)17-18-20(15-11-7-3)16-12-8-4/h5-16H2,1-4H3. The van der Waals surface area contributed by atoms with E-state index in [1.807, 2.05) is 0 Å². The van der Waals surface area contributed by atoms with Crippen LogP contribution < -0.4 is 0 Å². The highest BCUT2D eigenvalue weighted by Gasteiger charge is 2.06. The van der Waals surface area contributed by atoms with Crippen molar-refractivity contribution in [2.75, 3.05) is 24.6 Å². The van der Waals surface area contributed by atoms with Crippen molar-refractivity contribution in [2.45, 2.75) is 79.1 Å². The summed E-state index contributed by atoms with van der Waals surface area (Å²) in [4.78, 5) is 0.